The van der Waals surface area contributed by atoms with E-state index in [1.54, 1.807) is 24.3 Å². The molecular weight excluding hydrogens is 393 g/mol. The highest BCUT2D eigenvalue weighted by Crippen LogP contribution is 2.17. The van der Waals surface area contributed by atoms with Crippen molar-refractivity contribution in [1.82, 2.24) is 10.6 Å². The second-order valence-electron chi connectivity index (χ2n) is 5.15. The summed E-state index contributed by atoms with van der Waals surface area (Å²) in [7, 11) is 0. The molecule has 8 heteroatoms. The van der Waals surface area contributed by atoms with Crippen LogP contribution in [0, 0.1) is 5.82 Å². The fourth-order valence-corrected chi connectivity index (χ4v) is 2.42. The lowest BCUT2D eigenvalue weighted by Gasteiger charge is -2.08. The van der Waals surface area contributed by atoms with Crippen molar-refractivity contribution in [2.75, 3.05) is 6.54 Å². The Morgan fingerprint density at radius 1 is 1.00 bits per heavy atom. The predicted molar refractivity (Wildman–Crippen MR) is 93.2 cm³/mol. The zero-order chi connectivity index (χ0) is 18.4. The second kappa shape index (κ2) is 8.39. The summed E-state index contributed by atoms with van der Waals surface area (Å²) >= 11 is 3.20. The third-order valence-corrected chi connectivity index (χ3v) is 3.96. The number of primary amides is 1. The van der Waals surface area contributed by atoms with Crippen LogP contribution in [0.5, 0.6) is 0 Å². The van der Waals surface area contributed by atoms with Crippen LogP contribution in [0.4, 0.5) is 4.39 Å². The van der Waals surface area contributed by atoms with E-state index >= 15 is 0 Å². The molecule has 25 heavy (non-hydrogen) atoms. The third kappa shape index (κ3) is 5.39. The normalized spacial score (nSPS) is 10.2. The van der Waals surface area contributed by atoms with Gasteiger partial charge in [-0.1, -0.05) is 12.1 Å². The molecule has 0 heterocycles. The van der Waals surface area contributed by atoms with Crippen molar-refractivity contribution in [2.45, 2.75) is 6.54 Å². The lowest BCUT2D eigenvalue weighted by molar-refractivity contribution is -0.117. The van der Waals surface area contributed by atoms with Gasteiger partial charge in [0, 0.05) is 16.6 Å². The minimum absolute atomic E-state index is 0.197. The van der Waals surface area contributed by atoms with Gasteiger partial charge in [-0.15, -0.1) is 0 Å². The van der Waals surface area contributed by atoms with Crippen molar-refractivity contribution < 1.29 is 18.8 Å². The van der Waals surface area contributed by atoms with Crippen LogP contribution in [-0.4, -0.2) is 24.3 Å². The number of hydrogen-bond donors (Lipinski definition) is 3. The van der Waals surface area contributed by atoms with E-state index in [1.165, 1.54) is 12.1 Å². The molecule has 0 aliphatic heterocycles. The summed E-state index contributed by atoms with van der Waals surface area (Å²) in [6.45, 7) is -0.0237. The molecule has 0 bridgehead atoms. The molecule has 3 amide bonds. The minimum atomic E-state index is -0.629. The summed E-state index contributed by atoms with van der Waals surface area (Å²) in [6.07, 6.45) is 0. The van der Waals surface area contributed by atoms with Gasteiger partial charge in [0.25, 0.3) is 11.8 Å². The zero-order valence-electron chi connectivity index (χ0n) is 13.0. The van der Waals surface area contributed by atoms with Crippen LogP contribution < -0.4 is 16.4 Å². The predicted octanol–water partition coefficient (Wildman–Crippen LogP) is 1.73. The average molecular weight is 408 g/mol. The summed E-state index contributed by atoms with van der Waals surface area (Å²) in [5.41, 5.74) is 6.28. The molecule has 0 radical (unpaired) electrons. The number of nitrogens with two attached hydrogens (primary N) is 1. The van der Waals surface area contributed by atoms with Crippen LogP contribution in [0.2, 0.25) is 0 Å². The van der Waals surface area contributed by atoms with Crippen LogP contribution in [0.15, 0.2) is 46.9 Å². The number of hydrogen-bond acceptors (Lipinski definition) is 3. The summed E-state index contributed by atoms with van der Waals surface area (Å²) in [6, 6.07) is 10.3. The van der Waals surface area contributed by atoms with Crippen molar-refractivity contribution in [2.24, 2.45) is 5.73 Å². The Morgan fingerprint density at radius 2 is 1.68 bits per heavy atom. The number of rotatable bonds is 6. The Hall–Kier alpha value is -2.74. The molecule has 6 nitrogen and oxygen atoms in total. The molecule has 0 spiro atoms. The average Bonchev–Trinajstić information content (AvgIpc) is 2.60. The molecule has 2 aromatic carbocycles. The smallest absolute Gasteiger partial charge is 0.252 e. The van der Waals surface area contributed by atoms with E-state index in [2.05, 4.69) is 26.6 Å². The number of carbonyl (C=O) groups excluding carboxylic acids is 3. The summed E-state index contributed by atoms with van der Waals surface area (Å²) in [5, 5.41) is 5.05. The van der Waals surface area contributed by atoms with Gasteiger partial charge in [-0.3, -0.25) is 14.4 Å². The Balaban J connectivity index is 1.95. The molecule has 0 atom stereocenters. The van der Waals surface area contributed by atoms with Gasteiger partial charge in [-0.05, 0) is 51.8 Å². The number of benzene rings is 2. The highest BCUT2D eigenvalue weighted by molar-refractivity contribution is 9.10. The first-order chi connectivity index (χ1) is 11.9. The van der Waals surface area contributed by atoms with E-state index in [0.29, 0.717) is 10.0 Å². The van der Waals surface area contributed by atoms with Crippen molar-refractivity contribution in [1.29, 1.82) is 0 Å². The maximum atomic E-state index is 13.2. The first-order valence-corrected chi connectivity index (χ1v) is 8.05. The summed E-state index contributed by atoms with van der Waals surface area (Å²) in [4.78, 5) is 34.5. The van der Waals surface area contributed by atoms with Crippen LogP contribution in [0.3, 0.4) is 0 Å². The van der Waals surface area contributed by atoms with Crippen molar-refractivity contribution in [3.05, 3.63) is 69.4 Å². The molecular formula is C17H15BrFN3O3. The first kappa shape index (κ1) is 18.6. The van der Waals surface area contributed by atoms with Crippen molar-refractivity contribution in [3.63, 3.8) is 0 Å². The highest BCUT2D eigenvalue weighted by Gasteiger charge is 2.11. The van der Waals surface area contributed by atoms with Crippen molar-refractivity contribution >= 4 is 33.7 Å². The van der Waals surface area contributed by atoms with E-state index in [-0.39, 0.29) is 18.7 Å². The standard InChI is InChI=1S/C17H15BrFN3O3/c18-14-6-5-12(19)7-13(14)17(25)21-8-10-1-3-11(4-2-10)16(24)22-9-15(20)23/h1-7H,8-9H2,(H2,20,23)(H,21,25)(H,22,24). The third-order valence-electron chi connectivity index (χ3n) is 3.27. The Kier molecular flexibility index (Phi) is 6.24. The Bertz CT molecular complexity index is 809. The van der Waals surface area contributed by atoms with Gasteiger partial charge in [0.05, 0.1) is 12.1 Å². The van der Waals surface area contributed by atoms with Gasteiger partial charge in [0.1, 0.15) is 5.82 Å². The van der Waals surface area contributed by atoms with E-state index < -0.39 is 23.5 Å². The Labute approximate surface area is 151 Å². The minimum Gasteiger partial charge on any atom is -0.368 e. The molecule has 0 saturated carbocycles. The quantitative estimate of drug-likeness (QED) is 0.679. The van der Waals surface area contributed by atoms with E-state index in [1.807, 2.05) is 0 Å². The first-order valence-electron chi connectivity index (χ1n) is 7.25. The van der Waals surface area contributed by atoms with Crippen LogP contribution in [0.1, 0.15) is 26.3 Å². The summed E-state index contributed by atoms with van der Waals surface area (Å²) < 4.78 is 13.7. The fraction of sp³-hybridized carbons (Fsp3) is 0.118. The van der Waals surface area contributed by atoms with Gasteiger partial charge in [-0.2, -0.15) is 0 Å². The summed E-state index contributed by atoms with van der Waals surface area (Å²) in [5.74, 6) is -1.97. The van der Waals surface area contributed by atoms with Crippen molar-refractivity contribution in [3.8, 4) is 0 Å². The lowest BCUT2D eigenvalue weighted by atomic mass is 10.1. The SMILES string of the molecule is NC(=O)CNC(=O)c1ccc(CNC(=O)c2cc(F)ccc2Br)cc1. The van der Waals surface area contributed by atoms with Gasteiger partial charge in [0.15, 0.2) is 0 Å². The molecule has 0 fully saturated rings. The zero-order valence-corrected chi connectivity index (χ0v) is 14.6. The molecule has 0 unspecified atom stereocenters. The number of halogens is 2. The van der Waals surface area contributed by atoms with Crippen LogP contribution >= 0.6 is 15.9 Å². The number of carbonyl (C=O) groups is 3. The molecule has 2 rings (SSSR count). The molecule has 2 aromatic rings. The van der Waals surface area contributed by atoms with E-state index in [9.17, 15) is 18.8 Å². The fourth-order valence-electron chi connectivity index (χ4n) is 1.99. The molecule has 0 aliphatic carbocycles. The monoisotopic (exact) mass is 407 g/mol. The number of amides is 3. The molecule has 0 aliphatic rings. The number of nitrogens with one attached hydrogen (secondary N) is 2. The molecule has 0 saturated heterocycles. The topological polar surface area (TPSA) is 101 Å². The Morgan fingerprint density at radius 3 is 2.32 bits per heavy atom. The van der Waals surface area contributed by atoms with E-state index in [0.717, 1.165) is 11.6 Å². The molecule has 0 aromatic heterocycles. The molecule has 4 N–H and O–H groups in total. The van der Waals surface area contributed by atoms with Crippen LogP contribution in [0.25, 0.3) is 0 Å². The van der Waals surface area contributed by atoms with E-state index in [4.69, 9.17) is 5.73 Å². The second-order valence-corrected chi connectivity index (χ2v) is 6.01. The van der Waals surface area contributed by atoms with Crippen LogP contribution in [-0.2, 0) is 11.3 Å². The maximum Gasteiger partial charge on any atom is 0.252 e. The lowest BCUT2D eigenvalue weighted by Crippen LogP contribution is -2.33. The molecule has 130 valence electrons. The largest absolute Gasteiger partial charge is 0.368 e. The maximum absolute atomic E-state index is 13.2. The highest BCUT2D eigenvalue weighted by atomic mass is 79.9. The van der Waals surface area contributed by atoms with Gasteiger partial charge >= 0.3 is 0 Å². The van der Waals surface area contributed by atoms with Gasteiger partial charge < -0.3 is 16.4 Å². The van der Waals surface area contributed by atoms with Gasteiger partial charge in [-0.25, -0.2) is 4.39 Å². The van der Waals surface area contributed by atoms with Gasteiger partial charge in [0.2, 0.25) is 5.91 Å².